The van der Waals surface area contributed by atoms with E-state index >= 15 is 0 Å². The molecule has 0 bridgehead atoms. The Hall–Kier alpha value is -3.95. The Bertz CT molecular complexity index is 1560. The molecule has 226 valence electrons. The van der Waals surface area contributed by atoms with Crippen molar-refractivity contribution < 1.29 is 33.3 Å². The number of fused-ring (bicyclic) bond motifs is 3. The highest BCUT2D eigenvalue weighted by Gasteiger charge is 2.35. The fourth-order valence-corrected chi connectivity index (χ4v) is 6.03. The number of aryl methyl sites for hydroxylation is 1. The van der Waals surface area contributed by atoms with Crippen molar-refractivity contribution in [2.24, 2.45) is 0 Å². The number of pyridine rings is 2. The number of aromatic nitrogens is 2. The molecule has 3 heterocycles. The van der Waals surface area contributed by atoms with Crippen molar-refractivity contribution in [2.45, 2.75) is 83.7 Å². The second kappa shape index (κ2) is 12.3. The van der Waals surface area contributed by atoms with Gasteiger partial charge in [0.1, 0.15) is 11.5 Å². The van der Waals surface area contributed by atoms with Gasteiger partial charge >= 0.3 is 11.9 Å². The van der Waals surface area contributed by atoms with Crippen molar-refractivity contribution in [1.29, 1.82) is 0 Å². The second-order valence-corrected chi connectivity index (χ2v) is 11.8. The summed E-state index contributed by atoms with van der Waals surface area (Å²) < 4.78 is 31.0. The molecule has 1 saturated heterocycles. The van der Waals surface area contributed by atoms with Gasteiger partial charge in [0.2, 0.25) is 0 Å². The third-order valence-electron chi connectivity index (χ3n) is 7.77. The molecule has 0 radical (unpaired) electrons. The Morgan fingerprint density at radius 1 is 1.12 bits per heavy atom. The maximum absolute atomic E-state index is 14.1. The summed E-state index contributed by atoms with van der Waals surface area (Å²) in [6.07, 6.45) is 5.54. The van der Waals surface area contributed by atoms with E-state index in [0.29, 0.717) is 19.3 Å². The van der Waals surface area contributed by atoms with Gasteiger partial charge in [-0.1, -0.05) is 38.1 Å². The van der Waals surface area contributed by atoms with Gasteiger partial charge in [0.15, 0.2) is 5.79 Å². The number of carbonyl (C=O) groups is 2. The van der Waals surface area contributed by atoms with Crippen LogP contribution < -0.4 is 0 Å². The minimum atomic E-state index is -0.945. The Balaban J connectivity index is 1.68. The van der Waals surface area contributed by atoms with Gasteiger partial charge in [0.25, 0.3) is 0 Å². The fourth-order valence-electron chi connectivity index (χ4n) is 6.03. The van der Waals surface area contributed by atoms with E-state index in [1.165, 1.54) is 19.2 Å². The van der Waals surface area contributed by atoms with Crippen molar-refractivity contribution in [3.05, 3.63) is 76.5 Å². The molecule has 2 atom stereocenters. The SMILES string of the molecule is COC(=O)c1ccc2c(n1)CCCc1c-2nc(C(C)C)c(/C=C/[C@@H]2C[C@H](CC(=O)O)OC(C)(C)O2)c1-c1ccc(F)cc1. The topological polar surface area (TPSA) is 108 Å². The number of hydrogen-bond donors (Lipinski definition) is 1. The highest BCUT2D eigenvalue weighted by molar-refractivity contribution is 5.89. The first-order valence-electron chi connectivity index (χ1n) is 14.6. The van der Waals surface area contributed by atoms with E-state index in [0.717, 1.165) is 51.3 Å². The van der Waals surface area contributed by atoms with Gasteiger partial charge in [-0.2, -0.15) is 0 Å². The van der Waals surface area contributed by atoms with Crippen LogP contribution in [0.25, 0.3) is 28.5 Å². The zero-order valence-corrected chi connectivity index (χ0v) is 25.1. The lowest BCUT2D eigenvalue weighted by Gasteiger charge is -2.39. The van der Waals surface area contributed by atoms with E-state index in [1.54, 1.807) is 32.0 Å². The van der Waals surface area contributed by atoms with Crippen LogP contribution in [0.3, 0.4) is 0 Å². The first-order chi connectivity index (χ1) is 20.5. The number of ether oxygens (including phenoxy) is 3. The molecule has 1 N–H and O–H groups in total. The normalized spacial score (nSPS) is 19.5. The second-order valence-electron chi connectivity index (χ2n) is 11.8. The number of rotatable bonds is 7. The minimum Gasteiger partial charge on any atom is -0.481 e. The molecule has 1 aliphatic carbocycles. The van der Waals surface area contributed by atoms with Gasteiger partial charge in [-0.3, -0.25) is 9.78 Å². The summed E-state index contributed by atoms with van der Waals surface area (Å²) in [6, 6.07) is 10.0. The van der Waals surface area contributed by atoms with Gasteiger partial charge in [-0.25, -0.2) is 14.2 Å². The monoisotopic (exact) mass is 588 g/mol. The molecule has 1 aliphatic heterocycles. The highest BCUT2D eigenvalue weighted by Crippen LogP contribution is 2.42. The van der Waals surface area contributed by atoms with Crippen LogP contribution in [0.5, 0.6) is 0 Å². The molecule has 2 aromatic heterocycles. The molecule has 43 heavy (non-hydrogen) atoms. The van der Waals surface area contributed by atoms with Gasteiger partial charge in [0.05, 0.1) is 42.8 Å². The summed E-state index contributed by atoms with van der Waals surface area (Å²) >= 11 is 0. The highest BCUT2D eigenvalue weighted by atomic mass is 19.1. The molecule has 1 aromatic carbocycles. The largest absolute Gasteiger partial charge is 0.481 e. The number of halogens is 1. The first-order valence-corrected chi connectivity index (χ1v) is 14.6. The smallest absolute Gasteiger partial charge is 0.356 e. The molecule has 1 fully saturated rings. The average molecular weight is 589 g/mol. The minimum absolute atomic E-state index is 0.0324. The first kappa shape index (κ1) is 30.5. The van der Waals surface area contributed by atoms with Crippen LogP contribution in [0.15, 0.2) is 42.5 Å². The molecule has 0 saturated carbocycles. The number of nitrogens with zero attached hydrogens (tertiary/aromatic N) is 2. The quantitative estimate of drug-likeness (QED) is 0.302. The average Bonchev–Trinajstić information content (AvgIpc) is 3.13. The number of hydrogen-bond acceptors (Lipinski definition) is 7. The van der Waals surface area contributed by atoms with Crippen molar-refractivity contribution in [2.75, 3.05) is 7.11 Å². The van der Waals surface area contributed by atoms with E-state index in [1.807, 2.05) is 18.2 Å². The van der Waals surface area contributed by atoms with E-state index < -0.39 is 23.8 Å². The molecular weight excluding hydrogens is 551 g/mol. The number of benzene rings is 1. The molecule has 8 nitrogen and oxygen atoms in total. The Labute approximate surface area is 250 Å². The van der Waals surface area contributed by atoms with Crippen LogP contribution in [0.4, 0.5) is 4.39 Å². The summed E-state index contributed by atoms with van der Waals surface area (Å²) in [5.41, 5.74) is 7.34. The molecule has 2 aliphatic rings. The predicted molar refractivity (Wildman–Crippen MR) is 160 cm³/mol. The Kier molecular flexibility index (Phi) is 8.76. The van der Waals surface area contributed by atoms with Crippen molar-refractivity contribution >= 4 is 18.0 Å². The molecule has 3 aromatic rings. The number of carboxylic acids is 1. The standard InChI is InChI=1S/C34H37FN2O6/c1-19(2)31-26(14-13-22-17-23(18-29(38)39)43-34(3,4)42-22)30(20-9-11-21(35)12-10-20)25-7-6-8-27-24(32(25)37-31)15-16-28(36-27)33(40)41-5/h9-16,19,22-23H,6-8,17-18H2,1-5H3,(H,38,39)/b14-13+/t22-,23-/m1/s1. The summed E-state index contributed by atoms with van der Waals surface area (Å²) in [5, 5.41) is 9.37. The number of aliphatic carboxylic acids is 1. The number of carboxylic acid groups (broad SMARTS) is 1. The Morgan fingerprint density at radius 3 is 2.53 bits per heavy atom. The number of methoxy groups -OCH3 is 1. The van der Waals surface area contributed by atoms with Gasteiger partial charge in [-0.05, 0) is 80.0 Å². The third-order valence-corrected chi connectivity index (χ3v) is 7.77. The maximum Gasteiger partial charge on any atom is 0.356 e. The predicted octanol–water partition coefficient (Wildman–Crippen LogP) is 6.75. The van der Waals surface area contributed by atoms with Crippen LogP contribution in [-0.4, -0.2) is 52.1 Å². The van der Waals surface area contributed by atoms with Crippen molar-refractivity contribution in [3.63, 3.8) is 0 Å². The summed E-state index contributed by atoms with van der Waals surface area (Å²) in [7, 11) is 1.34. The summed E-state index contributed by atoms with van der Waals surface area (Å²) in [5.74, 6) is -2.64. The van der Waals surface area contributed by atoms with E-state index in [2.05, 4.69) is 18.8 Å². The summed E-state index contributed by atoms with van der Waals surface area (Å²) in [4.78, 5) is 33.5. The number of carbonyl (C=O) groups excluding carboxylic acids is 1. The lowest BCUT2D eigenvalue weighted by Crippen LogP contribution is -2.44. The maximum atomic E-state index is 14.1. The van der Waals surface area contributed by atoms with Gasteiger partial charge in [0, 0.05) is 17.5 Å². The van der Waals surface area contributed by atoms with E-state index in [9.17, 15) is 19.1 Å². The lowest BCUT2D eigenvalue weighted by molar-refractivity contribution is -0.290. The third kappa shape index (κ3) is 6.68. The van der Waals surface area contributed by atoms with Crippen molar-refractivity contribution in [3.8, 4) is 22.4 Å². The van der Waals surface area contributed by atoms with Crippen molar-refractivity contribution in [1.82, 2.24) is 9.97 Å². The van der Waals surface area contributed by atoms with E-state index in [4.69, 9.17) is 19.2 Å². The Morgan fingerprint density at radius 2 is 1.86 bits per heavy atom. The zero-order valence-electron chi connectivity index (χ0n) is 25.1. The van der Waals surface area contributed by atoms with Gasteiger partial charge < -0.3 is 19.3 Å². The fraction of sp³-hybridized carbons (Fsp3) is 0.412. The lowest BCUT2D eigenvalue weighted by atomic mass is 9.86. The number of esters is 1. The van der Waals surface area contributed by atoms with Crippen LogP contribution >= 0.6 is 0 Å². The molecule has 0 amide bonds. The van der Waals surface area contributed by atoms with Crippen LogP contribution in [-0.2, 0) is 31.8 Å². The summed E-state index contributed by atoms with van der Waals surface area (Å²) in [6.45, 7) is 7.72. The molecule has 0 unspecified atom stereocenters. The molecule has 9 heteroatoms. The van der Waals surface area contributed by atoms with Crippen LogP contribution in [0.2, 0.25) is 0 Å². The molecule has 0 spiro atoms. The van der Waals surface area contributed by atoms with Crippen LogP contribution in [0.1, 0.15) is 85.9 Å². The molecular formula is C34H37FN2O6. The molecule has 5 rings (SSSR count). The van der Waals surface area contributed by atoms with E-state index in [-0.39, 0.29) is 30.0 Å². The van der Waals surface area contributed by atoms with Gasteiger partial charge in [-0.15, -0.1) is 0 Å². The van der Waals surface area contributed by atoms with Crippen LogP contribution in [0, 0.1) is 5.82 Å². The zero-order chi connectivity index (χ0) is 30.9.